The number of esters is 1. The minimum absolute atomic E-state index is 0.0584. The van der Waals surface area contributed by atoms with E-state index in [2.05, 4.69) is 12.6 Å². The van der Waals surface area contributed by atoms with Gasteiger partial charge < -0.3 is 14.6 Å². The minimum atomic E-state index is -0.727. The Labute approximate surface area is 104 Å². The standard InChI is InChI=1S/C11H12O5S/c1-3-16-11(14)8-6(5-12)4-7(17)9(13)10(8)15-2/h4-5,13,17H,3H2,1-2H3. The average molecular weight is 256 g/mol. The quantitative estimate of drug-likeness (QED) is 0.487. The molecule has 0 aliphatic heterocycles. The van der Waals surface area contributed by atoms with Crippen molar-refractivity contribution < 1.29 is 24.2 Å². The highest BCUT2D eigenvalue weighted by molar-refractivity contribution is 7.80. The number of rotatable bonds is 4. The second kappa shape index (κ2) is 5.58. The number of phenolic OH excluding ortho intramolecular Hbond substituents is 1. The molecule has 0 aliphatic carbocycles. The lowest BCUT2D eigenvalue weighted by molar-refractivity contribution is 0.0519. The summed E-state index contributed by atoms with van der Waals surface area (Å²) in [6.07, 6.45) is 0.480. The van der Waals surface area contributed by atoms with Crippen molar-refractivity contribution in [3.05, 3.63) is 17.2 Å². The van der Waals surface area contributed by atoms with Gasteiger partial charge in [-0.1, -0.05) is 0 Å². The molecule has 0 unspecified atom stereocenters. The Kier molecular flexibility index (Phi) is 4.39. The maximum Gasteiger partial charge on any atom is 0.342 e. The van der Waals surface area contributed by atoms with Gasteiger partial charge in [0, 0.05) is 5.56 Å². The van der Waals surface area contributed by atoms with E-state index < -0.39 is 5.97 Å². The van der Waals surface area contributed by atoms with E-state index in [1.54, 1.807) is 6.92 Å². The van der Waals surface area contributed by atoms with E-state index in [1.807, 2.05) is 0 Å². The fraction of sp³-hybridized carbons (Fsp3) is 0.273. The molecule has 6 heteroatoms. The number of thiol groups is 1. The van der Waals surface area contributed by atoms with Crippen LogP contribution in [-0.4, -0.2) is 31.1 Å². The van der Waals surface area contributed by atoms with Gasteiger partial charge in [-0.25, -0.2) is 4.79 Å². The molecule has 0 bridgehead atoms. The van der Waals surface area contributed by atoms with E-state index >= 15 is 0 Å². The Balaban J connectivity index is 3.48. The van der Waals surface area contributed by atoms with Gasteiger partial charge in [-0.3, -0.25) is 4.79 Å². The molecular weight excluding hydrogens is 244 g/mol. The zero-order chi connectivity index (χ0) is 13.0. The van der Waals surface area contributed by atoms with Gasteiger partial charge in [0.2, 0.25) is 0 Å². The average Bonchev–Trinajstić information content (AvgIpc) is 2.31. The third-order valence-electron chi connectivity index (χ3n) is 2.08. The molecular formula is C11H12O5S. The monoisotopic (exact) mass is 256 g/mol. The molecule has 0 heterocycles. The first kappa shape index (κ1) is 13.4. The van der Waals surface area contributed by atoms with Crippen molar-refractivity contribution in [2.45, 2.75) is 11.8 Å². The smallest absolute Gasteiger partial charge is 0.342 e. The third-order valence-corrected chi connectivity index (χ3v) is 2.42. The van der Waals surface area contributed by atoms with Crippen LogP contribution >= 0.6 is 12.6 Å². The number of carbonyl (C=O) groups excluding carboxylic acids is 2. The topological polar surface area (TPSA) is 72.8 Å². The first-order valence-electron chi connectivity index (χ1n) is 4.82. The minimum Gasteiger partial charge on any atom is -0.503 e. The Hall–Kier alpha value is -1.69. The number of hydrogen-bond acceptors (Lipinski definition) is 6. The molecule has 1 rings (SSSR count). The first-order valence-corrected chi connectivity index (χ1v) is 5.26. The summed E-state index contributed by atoms with van der Waals surface area (Å²) in [4.78, 5) is 22.7. The van der Waals surface area contributed by atoms with Crippen LogP contribution in [0.2, 0.25) is 0 Å². The second-order valence-electron chi connectivity index (χ2n) is 3.08. The van der Waals surface area contributed by atoms with Gasteiger partial charge in [0.05, 0.1) is 18.6 Å². The van der Waals surface area contributed by atoms with E-state index in [-0.39, 0.29) is 34.1 Å². The van der Waals surface area contributed by atoms with Crippen molar-refractivity contribution in [3.63, 3.8) is 0 Å². The SMILES string of the molecule is CCOC(=O)c1c(C=O)cc(S)c(O)c1OC. The fourth-order valence-corrected chi connectivity index (χ4v) is 1.60. The van der Waals surface area contributed by atoms with Gasteiger partial charge in [-0.15, -0.1) is 12.6 Å². The molecule has 1 aromatic carbocycles. The van der Waals surface area contributed by atoms with Crippen molar-refractivity contribution in [2.75, 3.05) is 13.7 Å². The molecule has 0 spiro atoms. The number of aldehydes is 1. The maximum atomic E-state index is 11.7. The van der Waals surface area contributed by atoms with Crippen LogP contribution in [-0.2, 0) is 4.74 Å². The van der Waals surface area contributed by atoms with Gasteiger partial charge in [0.15, 0.2) is 17.8 Å². The second-order valence-corrected chi connectivity index (χ2v) is 3.56. The van der Waals surface area contributed by atoms with Crippen LogP contribution in [0.4, 0.5) is 0 Å². The summed E-state index contributed by atoms with van der Waals surface area (Å²) in [5.74, 6) is -1.14. The number of methoxy groups -OCH3 is 1. The molecule has 0 atom stereocenters. The highest BCUT2D eigenvalue weighted by Crippen LogP contribution is 2.38. The molecule has 0 aromatic heterocycles. The predicted molar refractivity (Wildman–Crippen MR) is 63.3 cm³/mol. The van der Waals surface area contributed by atoms with E-state index in [9.17, 15) is 14.7 Å². The Morgan fingerprint density at radius 1 is 1.59 bits per heavy atom. The molecule has 1 aromatic rings. The predicted octanol–water partition coefficient (Wildman–Crippen LogP) is 1.68. The summed E-state index contributed by atoms with van der Waals surface area (Å²) in [6.45, 7) is 1.79. The molecule has 1 N–H and O–H groups in total. The van der Waals surface area contributed by atoms with Crippen molar-refractivity contribution in [1.82, 2.24) is 0 Å². The van der Waals surface area contributed by atoms with Crippen LogP contribution in [0.1, 0.15) is 27.6 Å². The van der Waals surface area contributed by atoms with Crippen LogP contribution in [0.25, 0.3) is 0 Å². The van der Waals surface area contributed by atoms with Crippen molar-refractivity contribution in [2.24, 2.45) is 0 Å². The van der Waals surface area contributed by atoms with Gasteiger partial charge >= 0.3 is 5.97 Å². The van der Waals surface area contributed by atoms with Crippen LogP contribution in [0.5, 0.6) is 11.5 Å². The van der Waals surface area contributed by atoms with E-state index in [4.69, 9.17) is 9.47 Å². The summed E-state index contributed by atoms with van der Waals surface area (Å²) in [6, 6.07) is 1.28. The molecule has 0 fully saturated rings. The summed E-state index contributed by atoms with van der Waals surface area (Å²) < 4.78 is 9.70. The van der Waals surface area contributed by atoms with Gasteiger partial charge in [0.25, 0.3) is 0 Å². The lowest BCUT2D eigenvalue weighted by Crippen LogP contribution is -2.10. The molecule has 0 saturated heterocycles. The molecule has 92 valence electrons. The summed E-state index contributed by atoms with van der Waals surface area (Å²) in [7, 11) is 1.28. The normalized spacial score (nSPS) is 9.82. The first-order chi connectivity index (χ1) is 8.06. The Morgan fingerprint density at radius 2 is 2.24 bits per heavy atom. The molecule has 0 aliphatic rings. The van der Waals surface area contributed by atoms with Crippen molar-refractivity contribution in [3.8, 4) is 11.5 Å². The number of phenols is 1. The summed E-state index contributed by atoms with van der Waals surface area (Å²) in [5, 5.41) is 9.69. The molecule has 0 amide bonds. The Morgan fingerprint density at radius 3 is 2.71 bits per heavy atom. The number of aromatic hydroxyl groups is 1. The number of carbonyl (C=O) groups is 2. The van der Waals surface area contributed by atoms with Crippen LogP contribution in [0.3, 0.4) is 0 Å². The highest BCUT2D eigenvalue weighted by atomic mass is 32.1. The largest absolute Gasteiger partial charge is 0.503 e. The Bertz CT molecular complexity index is 456. The lowest BCUT2D eigenvalue weighted by Gasteiger charge is -2.13. The van der Waals surface area contributed by atoms with Gasteiger partial charge in [-0.05, 0) is 13.0 Å². The maximum absolute atomic E-state index is 11.7. The van der Waals surface area contributed by atoms with Crippen LogP contribution < -0.4 is 4.74 Å². The number of hydrogen-bond donors (Lipinski definition) is 2. The molecule has 17 heavy (non-hydrogen) atoms. The van der Waals surface area contributed by atoms with Crippen LogP contribution in [0.15, 0.2) is 11.0 Å². The fourth-order valence-electron chi connectivity index (χ4n) is 1.36. The highest BCUT2D eigenvalue weighted by Gasteiger charge is 2.23. The van der Waals surface area contributed by atoms with Gasteiger partial charge in [0.1, 0.15) is 5.56 Å². The molecule has 0 radical (unpaired) electrons. The van der Waals surface area contributed by atoms with Crippen LogP contribution in [0, 0.1) is 0 Å². The number of benzene rings is 1. The van der Waals surface area contributed by atoms with E-state index in [1.165, 1.54) is 13.2 Å². The summed E-state index contributed by atoms with van der Waals surface area (Å²) in [5.41, 5.74) is -0.0391. The lowest BCUT2D eigenvalue weighted by atomic mass is 10.1. The number of ether oxygens (including phenoxy) is 2. The van der Waals surface area contributed by atoms with E-state index in [0.717, 1.165) is 0 Å². The van der Waals surface area contributed by atoms with E-state index in [0.29, 0.717) is 6.29 Å². The zero-order valence-corrected chi connectivity index (χ0v) is 10.3. The molecule has 0 saturated carbocycles. The van der Waals surface area contributed by atoms with Crippen molar-refractivity contribution >= 4 is 24.9 Å². The van der Waals surface area contributed by atoms with Crippen molar-refractivity contribution in [1.29, 1.82) is 0 Å². The zero-order valence-electron chi connectivity index (χ0n) is 9.39. The summed E-state index contributed by atoms with van der Waals surface area (Å²) >= 11 is 3.97. The third kappa shape index (κ3) is 2.52. The molecule has 5 nitrogen and oxygen atoms in total. The van der Waals surface area contributed by atoms with Gasteiger partial charge in [-0.2, -0.15) is 0 Å².